The molecule has 20 heavy (non-hydrogen) atoms. The first kappa shape index (κ1) is 15.8. The van der Waals surface area contributed by atoms with Gasteiger partial charge >= 0.3 is 12.3 Å². The van der Waals surface area contributed by atoms with Gasteiger partial charge in [0.05, 0.1) is 17.7 Å². The molecular formula is C13H12F3NO3. The van der Waals surface area contributed by atoms with Crippen LogP contribution in [0.15, 0.2) is 12.1 Å². The number of carbonyl (C=O) groups excluding carboxylic acids is 1. The molecule has 0 saturated heterocycles. The zero-order valence-corrected chi connectivity index (χ0v) is 10.9. The van der Waals surface area contributed by atoms with Crippen molar-refractivity contribution in [1.82, 2.24) is 0 Å². The Bertz CT molecular complexity index is 547. The number of aryl methyl sites for hydroxylation is 1. The smallest absolute Gasteiger partial charge is 0.462 e. The highest BCUT2D eigenvalue weighted by Gasteiger charge is 2.32. The fraction of sp³-hybridized carbons (Fsp3) is 0.385. The van der Waals surface area contributed by atoms with E-state index in [2.05, 4.69) is 4.74 Å². The van der Waals surface area contributed by atoms with Crippen molar-refractivity contribution in [2.75, 3.05) is 6.61 Å². The number of halogens is 3. The summed E-state index contributed by atoms with van der Waals surface area (Å²) >= 11 is 0. The molecule has 0 saturated carbocycles. The number of alkyl halides is 3. The van der Waals surface area contributed by atoms with Crippen molar-refractivity contribution in [3.8, 4) is 11.8 Å². The number of nitriles is 1. The number of nitrogens with zero attached hydrogens (tertiary/aromatic N) is 1. The van der Waals surface area contributed by atoms with E-state index in [0.29, 0.717) is 0 Å². The Kier molecular flexibility index (Phi) is 4.97. The minimum absolute atomic E-state index is 0.000439. The number of rotatable bonds is 4. The van der Waals surface area contributed by atoms with E-state index in [-0.39, 0.29) is 29.7 Å². The lowest BCUT2D eigenvalue weighted by atomic mass is 9.99. The van der Waals surface area contributed by atoms with E-state index >= 15 is 0 Å². The topological polar surface area (TPSA) is 59.3 Å². The van der Waals surface area contributed by atoms with Crippen LogP contribution < -0.4 is 4.74 Å². The van der Waals surface area contributed by atoms with E-state index in [1.165, 1.54) is 0 Å². The van der Waals surface area contributed by atoms with E-state index in [9.17, 15) is 18.0 Å². The van der Waals surface area contributed by atoms with Gasteiger partial charge in [-0.1, -0.05) is 6.92 Å². The molecule has 7 heteroatoms. The summed E-state index contributed by atoms with van der Waals surface area (Å²) in [6.07, 6.45) is -4.59. The molecule has 4 nitrogen and oxygen atoms in total. The number of carbonyl (C=O) groups is 1. The zero-order chi connectivity index (χ0) is 15.3. The van der Waals surface area contributed by atoms with E-state index in [4.69, 9.17) is 10.00 Å². The van der Waals surface area contributed by atoms with Crippen LogP contribution in [0.5, 0.6) is 5.75 Å². The minimum atomic E-state index is -4.87. The summed E-state index contributed by atoms with van der Waals surface area (Å²) in [6.45, 7) is 3.26. The quantitative estimate of drug-likeness (QED) is 0.798. The van der Waals surface area contributed by atoms with Crippen molar-refractivity contribution in [1.29, 1.82) is 5.26 Å². The van der Waals surface area contributed by atoms with Gasteiger partial charge in [-0.15, -0.1) is 13.2 Å². The summed E-state index contributed by atoms with van der Waals surface area (Å²) in [5.74, 6) is -1.40. The molecule has 0 spiro atoms. The van der Waals surface area contributed by atoms with E-state index < -0.39 is 18.1 Å². The summed E-state index contributed by atoms with van der Waals surface area (Å²) in [7, 11) is 0. The lowest BCUT2D eigenvalue weighted by molar-refractivity contribution is -0.274. The standard InChI is InChI=1S/C13H12F3NO3/c1-3-8-5-9(20-13(14,15)16)6-10(11(8)7-17)12(18)19-4-2/h5-6H,3-4H2,1-2H3. The molecule has 0 amide bonds. The second-order valence-electron chi connectivity index (χ2n) is 3.74. The van der Waals surface area contributed by atoms with Crippen molar-refractivity contribution >= 4 is 5.97 Å². The highest BCUT2D eigenvalue weighted by atomic mass is 19.4. The Balaban J connectivity index is 3.35. The number of hydrogen-bond donors (Lipinski definition) is 0. The maximum absolute atomic E-state index is 12.2. The third-order valence-electron chi connectivity index (χ3n) is 2.42. The van der Waals surface area contributed by atoms with Gasteiger partial charge in [-0.05, 0) is 31.0 Å². The van der Waals surface area contributed by atoms with Crippen LogP contribution in [0, 0.1) is 11.3 Å². The van der Waals surface area contributed by atoms with E-state index in [0.717, 1.165) is 12.1 Å². The number of benzene rings is 1. The Labute approximate surface area is 113 Å². The molecule has 0 aliphatic rings. The summed E-state index contributed by atoms with van der Waals surface area (Å²) in [4.78, 5) is 11.7. The number of esters is 1. The average Bonchev–Trinajstić information content (AvgIpc) is 2.35. The summed E-state index contributed by atoms with van der Waals surface area (Å²) in [5, 5.41) is 9.05. The fourth-order valence-electron chi connectivity index (χ4n) is 1.65. The maximum Gasteiger partial charge on any atom is 0.573 e. The third kappa shape index (κ3) is 3.88. The van der Waals surface area contributed by atoms with Crippen LogP contribution in [0.3, 0.4) is 0 Å². The predicted octanol–water partition coefficient (Wildman–Crippen LogP) is 3.20. The van der Waals surface area contributed by atoms with Gasteiger partial charge in [0.2, 0.25) is 0 Å². The molecule has 1 rings (SSSR count). The third-order valence-corrected chi connectivity index (χ3v) is 2.42. The lowest BCUT2D eigenvalue weighted by Gasteiger charge is -2.13. The Morgan fingerprint density at radius 1 is 1.35 bits per heavy atom. The van der Waals surface area contributed by atoms with E-state index in [1.54, 1.807) is 19.9 Å². The van der Waals surface area contributed by atoms with Crippen molar-refractivity contribution in [2.45, 2.75) is 26.6 Å². The van der Waals surface area contributed by atoms with Crippen LogP contribution in [-0.2, 0) is 11.2 Å². The van der Waals surface area contributed by atoms with Crippen LogP contribution in [0.4, 0.5) is 13.2 Å². The molecule has 0 aliphatic heterocycles. The van der Waals surface area contributed by atoms with Crippen LogP contribution in [0.2, 0.25) is 0 Å². The summed E-state index contributed by atoms with van der Waals surface area (Å²) < 4.78 is 45.2. The predicted molar refractivity (Wildman–Crippen MR) is 63.2 cm³/mol. The molecule has 108 valence electrons. The molecule has 1 aromatic carbocycles. The number of ether oxygens (including phenoxy) is 2. The maximum atomic E-state index is 12.2. The lowest BCUT2D eigenvalue weighted by Crippen LogP contribution is -2.18. The van der Waals surface area contributed by atoms with Crippen LogP contribution in [0.1, 0.15) is 35.3 Å². The van der Waals surface area contributed by atoms with Gasteiger partial charge in [0.15, 0.2) is 0 Å². The summed E-state index contributed by atoms with van der Waals surface area (Å²) in [5.41, 5.74) is 0.0609. The average molecular weight is 287 g/mol. The molecule has 0 aromatic heterocycles. The zero-order valence-electron chi connectivity index (χ0n) is 10.9. The molecular weight excluding hydrogens is 275 g/mol. The number of hydrogen-bond acceptors (Lipinski definition) is 4. The largest absolute Gasteiger partial charge is 0.573 e. The molecule has 0 atom stereocenters. The Morgan fingerprint density at radius 3 is 2.45 bits per heavy atom. The van der Waals surface area contributed by atoms with E-state index in [1.807, 2.05) is 0 Å². The second kappa shape index (κ2) is 6.28. The molecule has 0 N–H and O–H groups in total. The molecule has 1 aromatic rings. The fourth-order valence-corrected chi connectivity index (χ4v) is 1.65. The van der Waals surface area contributed by atoms with Gasteiger partial charge in [-0.3, -0.25) is 0 Å². The van der Waals surface area contributed by atoms with Crippen molar-refractivity contribution < 1.29 is 27.4 Å². The van der Waals surface area contributed by atoms with Crippen molar-refractivity contribution in [2.24, 2.45) is 0 Å². The first-order valence-corrected chi connectivity index (χ1v) is 5.82. The van der Waals surface area contributed by atoms with Crippen LogP contribution in [0.25, 0.3) is 0 Å². The van der Waals surface area contributed by atoms with Gasteiger partial charge in [-0.25, -0.2) is 4.79 Å². The second-order valence-corrected chi connectivity index (χ2v) is 3.74. The molecule has 0 fully saturated rings. The van der Waals surface area contributed by atoms with Crippen molar-refractivity contribution in [3.05, 3.63) is 28.8 Å². The highest BCUT2D eigenvalue weighted by molar-refractivity contribution is 5.93. The Hall–Kier alpha value is -2.23. The first-order chi connectivity index (χ1) is 9.32. The molecule has 0 unspecified atom stereocenters. The first-order valence-electron chi connectivity index (χ1n) is 5.82. The van der Waals surface area contributed by atoms with Gasteiger partial charge < -0.3 is 9.47 Å². The molecule has 0 heterocycles. The molecule has 0 aliphatic carbocycles. The van der Waals surface area contributed by atoms with Crippen LogP contribution >= 0.6 is 0 Å². The van der Waals surface area contributed by atoms with Crippen LogP contribution in [-0.4, -0.2) is 18.9 Å². The monoisotopic (exact) mass is 287 g/mol. The van der Waals surface area contributed by atoms with Gasteiger partial charge in [-0.2, -0.15) is 5.26 Å². The highest BCUT2D eigenvalue weighted by Crippen LogP contribution is 2.28. The molecule has 0 radical (unpaired) electrons. The minimum Gasteiger partial charge on any atom is -0.462 e. The van der Waals surface area contributed by atoms with Gasteiger partial charge in [0.1, 0.15) is 11.8 Å². The van der Waals surface area contributed by atoms with Crippen molar-refractivity contribution in [3.63, 3.8) is 0 Å². The van der Waals surface area contributed by atoms with Gasteiger partial charge in [0, 0.05) is 0 Å². The normalized spacial score (nSPS) is 10.8. The SMILES string of the molecule is CCOC(=O)c1cc(OC(F)(F)F)cc(CC)c1C#N. The van der Waals surface area contributed by atoms with Gasteiger partial charge in [0.25, 0.3) is 0 Å². The molecule has 0 bridgehead atoms. The Morgan fingerprint density at radius 2 is 2.00 bits per heavy atom. The summed E-state index contributed by atoms with van der Waals surface area (Å²) in [6, 6.07) is 3.76.